The molecule has 3 rings (SSSR count). The summed E-state index contributed by atoms with van der Waals surface area (Å²) in [6, 6.07) is 10.5. The van der Waals surface area contributed by atoms with Gasteiger partial charge >= 0.3 is 0 Å². The van der Waals surface area contributed by atoms with Gasteiger partial charge in [0.2, 0.25) is 0 Å². The monoisotopic (exact) mass is 364 g/mol. The Morgan fingerprint density at radius 1 is 1.19 bits per heavy atom. The number of halogens is 1. The summed E-state index contributed by atoms with van der Waals surface area (Å²) in [6.45, 7) is 6.33. The topological polar surface area (TPSA) is 38.1 Å². The first kappa shape index (κ1) is 14.6. The van der Waals surface area contributed by atoms with Crippen LogP contribution in [0.5, 0.6) is 0 Å². The van der Waals surface area contributed by atoms with Gasteiger partial charge in [-0.25, -0.2) is 4.98 Å². The maximum Gasteiger partial charge on any atom is 0.198 e. The third kappa shape index (κ3) is 3.14. The van der Waals surface area contributed by atoms with E-state index in [0.717, 1.165) is 26.5 Å². The molecule has 0 radical (unpaired) electrons. The van der Waals surface area contributed by atoms with Crippen molar-refractivity contribution in [2.75, 3.05) is 5.32 Å². The molecule has 0 spiro atoms. The Labute approximate surface area is 136 Å². The molecule has 0 amide bonds. The number of thiophene rings is 1. The van der Waals surface area contributed by atoms with E-state index in [4.69, 9.17) is 4.42 Å². The van der Waals surface area contributed by atoms with Crippen LogP contribution in [0, 0.1) is 0 Å². The van der Waals surface area contributed by atoms with Crippen molar-refractivity contribution >= 4 is 44.1 Å². The van der Waals surface area contributed by atoms with Crippen molar-refractivity contribution in [2.45, 2.75) is 32.7 Å². The first-order valence-corrected chi connectivity index (χ1v) is 8.56. The lowest BCUT2D eigenvalue weighted by atomic mass is 10.2. The summed E-state index contributed by atoms with van der Waals surface area (Å²) in [6.07, 6.45) is 0. The Bertz CT molecular complexity index is 763. The number of aromatic nitrogens is 1. The number of nitrogens with zero attached hydrogens (tertiary/aromatic N) is 1. The quantitative estimate of drug-likeness (QED) is 0.621. The van der Waals surface area contributed by atoms with Gasteiger partial charge in [-0.1, -0.05) is 13.8 Å². The van der Waals surface area contributed by atoms with E-state index in [2.05, 4.69) is 59.1 Å². The van der Waals surface area contributed by atoms with Crippen molar-refractivity contribution in [3.63, 3.8) is 0 Å². The number of rotatable bonds is 4. The lowest BCUT2D eigenvalue weighted by molar-refractivity contribution is 0.501. The molecule has 2 aromatic heterocycles. The van der Waals surface area contributed by atoms with E-state index in [1.54, 1.807) is 11.3 Å². The number of benzene rings is 1. The first-order chi connectivity index (χ1) is 10.0. The average molecular weight is 365 g/mol. The van der Waals surface area contributed by atoms with E-state index in [-0.39, 0.29) is 6.04 Å². The Morgan fingerprint density at radius 3 is 2.67 bits per heavy atom. The SMILES string of the molecule is CC(C)c1nc2cc(NC(C)c3ccc(Br)s3)ccc2o1. The molecule has 3 aromatic rings. The fourth-order valence-corrected chi connectivity index (χ4v) is 3.59. The minimum Gasteiger partial charge on any atom is -0.440 e. The van der Waals surface area contributed by atoms with Gasteiger partial charge in [0.05, 0.1) is 9.83 Å². The number of hydrogen-bond acceptors (Lipinski definition) is 4. The second-order valence-corrected chi connectivity index (χ2v) is 7.89. The fraction of sp³-hybridized carbons (Fsp3) is 0.312. The minimum absolute atomic E-state index is 0.259. The van der Waals surface area contributed by atoms with Crippen LogP contribution in [0.15, 0.2) is 38.5 Å². The van der Waals surface area contributed by atoms with E-state index >= 15 is 0 Å². The molecule has 3 nitrogen and oxygen atoms in total. The summed E-state index contributed by atoms with van der Waals surface area (Å²) in [5.74, 6) is 1.09. The van der Waals surface area contributed by atoms with Gasteiger partial charge in [0.25, 0.3) is 0 Å². The van der Waals surface area contributed by atoms with Gasteiger partial charge in [-0.3, -0.25) is 0 Å². The third-order valence-corrected chi connectivity index (χ3v) is 5.11. The molecule has 21 heavy (non-hydrogen) atoms. The van der Waals surface area contributed by atoms with Gasteiger partial charge in [0.15, 0.2) is 11.5 Å². The summed E-state index contributed by atoms with van der Waals surface area (Å²) in [5, 5.41) is 3.51. The van der Waals surface area contributed by atoms with Crippen molar-refractivity contribution in [1.82, 2.24) is 4.98 Å². The predicted molar refractivity (Wildman–Crippen MR) is 92.2 cm³/mol. The maximum atomic E-state index is 5.73. The molecule has 0 saturated carbocycles. The summed E-state index contributed by atoms with van der Waals surface area (Å²) < 4.78 is 6.89. The van der Waals surface area contributed by atoms with E-state index in [1.807, 2.05) is 18.2 Å². The zero-order valence-electron chi connectivity index (χ0n) is 12.2. The molecule has 0 aliphatic rings. The van der Waals surface area contributed by atoms with Gasteiger partial charge in [-0.05, 0) is 53.2 Å². The Kier molecular flexibility index (Phi) is 4.04. The van der Waals surface area contributed by atoms with E-state index < -0.39 is 0 Å². The smallest absolute Gasteiger partial charge is 0.198 e. The van der Waals surface area contributed by atoms with E-state index in [0.29, 0.717) is 5.92 Å². The van der Waals surface area contributed by atoms with Gasteiger partial charge < -0.3 is 9.73 Å². The second-order valence-electron chi connectivity index (χ2n) is 5.40. The molecule has 0 saturated heterocycles. The fourth-order valence-electron chi connectivity index (χ4n) is 2.16. The van der Waals surface area contributed by atoms with Crippen molar-refractivity contribution in [2.24, 2.45) is 0 Å². The molecular formula is C16H17BrN2OS. The molecular weight excluding hydrogens is 348 g/mol. The van der Waals surface area contributed by atoms with Crippen LogP contribution in [0.3, 0.4) is 0 Å². The first-order valence-electron chi connectivity index (χ1n) is 6.95. The normalized spacial score (nSPS) is 13.0. The average Bonchev–Trinajstić information content (AvgIpc) is 3.04. The largest absolute Gasteiger partial charge is 0.440 e. The number of oxazole rings is 1. The third-order valence-electron chi connectivity index (χ3n) is 3.30. The summed E-state index contributed by atoms with van der Waals surface area (Å²) in [5.41, 5.74) is 2.81. The van der Waals surface area contributed by atoms with Crippen molar-refractivity contribution < 1.29 is 4.42 Å². The van der Waals surface area contributed by atoms with Gasteiger partial charge in [-0.2, -0.15) is 0 Å². The number of anilines is 1. The molecule has 1 N–H and O–H groups in total. The van der Waals surface area contributed by atoms with Crippen LogP contribution in [0.25, 0.3) is 11.1 Å². The highest BCUT2D eigenvalue weighted by molar-refractivity contribution is 9.11. The highest BCUT2D eigenvalue weighted by atomic mass is 79.9. The lowest BCUT2D eigenvalue weighted by Crippen LogP contribution is -2.04. The molecule has 0 aliphatic heterocycles. The molecule has 5 heteroatoms. The second kappa shape index (κ2) is 5.81. The molecule has 1 unspecified atom stereocenters. The van der Waals surface area contributed by atoms with Crippen molar-refractivity contribution in [3.8, 4) is 0 Å². The zero-order valence-corrected chi connectivity index (χ0v) is 14.6. The molecule has 0 fully saturated rings. The minimum atomic E-state index is 0.259. The highest BCUT2D eigenvalue weighted by Crippen LogP contribution is 2.30. The van der Waals surface area contributed by atoms with Crippen LogP contribution < -0.4 is 5.32 Å². The number of nitrogens with one attached hydrogen (secondary N) is 1. The predicted octanol–water partition coefficient (Wildman–Crippen LogP) is 5.95. The molecule has 110 valence electrons. The summed E-state index contributed by atoms with van der Waals surface area (Å²) >= 11 is 5.25. The van der Waals surface area contributed by atoms with Crippen LogP contribution in [0.1, 0.15) is 43.5 Å². The van der Waals surface area contributed by atoms with Crippen molar-refractivity contribution in [3.05, 3.63) is 44.9 Å². The van der Waals surface area contributed by atoms with Gasteiger partial charge in [-0.15, -0.1) is 11.3 Å². The highest BCUT2D eigenvalue weighted by Gasteiger charge is 2.12. The molecule has 0 bridgehead atoms. The van der Waals surface area contributed by atoms with Crippen LogP contribution in [-0.2, 0) is 0 Å². The molecule has 1 atom stereocenters. The Morgan fingerprint density at radius 2 is 2.00 bits per heavy atom. The maximum absolute atomic E-state index is 5.73. The Balaban J connectivity index is 1.83. The van der Waals surface area contributed by atoms with Gasteiger partial charge in [0, 0.05) is 16.5 Å². The van der Waals surface area contributed by atoms with Crippen LogP contribution >= 0.6 is 27.3 Å². The zero-order chi connectivity index (χ0) is 15.0. The Hall–Kier alpha value is -1.33. The number of hydrogen-bond donors (Lipinski definition) is 1. The van der Waals surface area contributed by atoms with Crippen molar-refractivity contribution in [1.29, 1.82) is 0 Å². The molecule has 2 heterocycles. The van der Waals surface area contributed by atoms with E-state index in [1.165, 1.54) is 4.88 Å². The van der Waals surface area contributed by atoms with E-state index in [9.17, 15) is 0 Å². The van der Waals surface area contributed by atoms with Crippen LogP contribution in [-0.4, -0.2) is 4.98 Å². The summed E-state index contributed by atoms with van der Waals surface area (Å²) in [4.78, 5) is 5.84. The van der Waals surface area contributed by atoms with Crippen LogP contribution in [0.4, 0.5) is 5.69 Å². The molecule has 0 aliphatic carbocycles. The number of fused-ring (bicyclic) bond motifs is 1. The van der Waals surface area contributed by atoms with Gasteiger partial charge in [0.1, 0.15) is 5.52 Å². The standard InChI is InChI=1S/C16H17BrN2OS/c1-9(2)16-19-12-8-11(4-5-13(12)20-16)18-10(3)14-6-7-15(17)21-14/h4-10,18H,1-3H3. The summed E-state index contributed by atoms with van der Waals surface area (Å²) in [7, 11) is 0. The lowest BCUT2D eigenvalue weighted by Gasteiger charge is -2.13. The molecule has 1 aromatic carbocycles. The van der Waals surface area contributed by atoms with Crippen LogP contribution in [0.2, 0.25) is 0 Å².